The standard InChI is InChI=1S/C19H22FNO2S2/c1-3-24-18-12-14-8-10-21(2)11-9-15(14)13-19(18)25(22,23)17-6-4-16(20)5-7-17/h4-7,12-13H,3,8-11H2,1-2H3. The fourth-order valence-electron chi connectivity index (χ4n) is 3.06. The van der Waals surface area contributed by atoms with E-state index in [2.05, 4.69) is 11.9 Å². The van der Waals surface area contributed by atoms with E-state index in [4.69, 9.17) is 0 Å². The first-order chi connectivity index (χ1) is 11.9. The van der Waals surface area contributed by atoms with E-state index in [9.17, 15) is 12.8 Å². The molecule has 1 aliphatic rings. The number of rotatable bonds is 4. The Labute approximate surface area is 153 Å². The van der Waals surface area contributed by atoms with Gasteiger partial charge in [0.1, 0.15) is 5.82 Å². The van der Waals surface area contributed by atoms with Crippen LogP contribution in [0, 0.1) is 5.82 Å². The fourth-order valence-corrected chi connectivity index (χ4v) is 5.68. The van der Waals surface area contributed by atoms with E-state index >= 15 is 0 Å². The van der Waals surface area contributed by atoms with Gasteiger partial charge >= 0.3 is 0 Å². The summed E-state index contributed by atoms with van der Waals surface area (Å²) in [6.45, 7) is 3.91. The molecule has 25 heavy (non-hydrogen) atoms. The van der Waals surface area contributed by atoms with Gasteiger partial charge in [0.15, 0.2) is 0 Å². The van der Waals surface area contributed by atoms with Gasteiger partial charge in [-0.05, 0) is 73.2 Å². The number of sulfone groups is 1. The van der Waals surface area contributed by atoms with Crippen molar-refractivity contribution in [3.8, 4) is 0 Å². The van der Waals surface area contributed by atoms with Gasteiger partial charge in [0, 0.05) is 18.0 Å². The minimum absolute atomic E-state index is 0.137. The molecular formula is C19H22FNO2S2. The van der Waals surface area contributed by atoms with Crippen molar-refractivity contribution in [2.45, 2.75) is 34.5 Å². The highest BCUT2D eigenvalue weighted by Gasteiger charge is 2.24. The third-order valence-electron chi connectivity index (χ3n) is 4.50. The Kier molecular flexibility index (Phi) is 5.51. The molecule has 0 radical (unpaired) electrons. The summed E-state index contributed by atoms with van der Waals surface area (Å²) < 4.78 is 39.4. The second kappa shape index (κ2) is 7.48. The maximum Gasteiger partial charge on any atom is 0.207 e. The number of halogens is 1. The average Bonchev–Trinajstić information content (AvgIpc) is 2.76. The molecule has 0 N–H and O–H groups in total. The number of hydrogen-bond acceptors (Lipinski definition) is 4. The molecule has 2 aromatic rings. The number of thioether (sulfide) groups is 1. The van der Waals surface area contributed by atoms with E-state index in [-0.39, 0.29) is 4.90 Å². The van der Waals surface area contributed by atoms with Crippen molar-refractivity contribution in [1.82, 2.24) is 4.90 Å². The monoisotopic (exact) mass is 379 g/mol. The fraction of sp³-hybridized carbons (Fsp3) is 0.368. The van der Waals surface area contributed by atoms with Crippen LogP contribution >= 0.6 is 11.8 Å². The number of hydrogen-bond donors (Lipinski definition) is 0. The van der Waals surface area contributed by atoms with Crippen LogP contribution in [0.1, 0.15) is 18.1 Å². The van der Waals surface area contributed by atoms with Gasteiger partial charge in [0.05, 0.1) is 9.79 Å². The van der Waals surface area contributed by atoms with Crippen LogP contribution in [-0.4, -0.2) is 39.2 Å². The zero-order valence-electron chi connectivity index (χ0n) is 14.5. The van der Waals surface area contributed by atoms with Crippen LogP contribution in [0.2, 0.25) is 0 Å². The van der Waals surface area contributed by atoms with Crippen molar-refractivity contribution in [3.05, 3.63) is 53.3 Å². The van der Waals surface area contributed by atoms with Crippen molar-refractivity contribution in [3.63, 3.8) is 0 Å². The molecule has 0 bridgehead atoms. The second-order valence-corrected chi connectivity index (χ2v) is 9.49. The van der Waals surface area contributed by atoms with Crippen LogP contribution in [0.25, 0.3) is 0 Å². The SMILES string of the molecule is CCSc1cc2c(cc1S(=O)(=O)c1ccc(F)cc1)CCN(C)CC2. The first kappa shape index (κ1) is 18.4. The first-order valence-corrected chi connectivity index (χ1v) is 10.9. The van der Waals surface area contributed by atoms with E-state index in [1.807, 2.05) is 19.1 Å². The summed E-state index contributed by atoms with van der Waals surface area (Å²) >= 11 is 1.54. The number of nitrogens with zero attached hydrogens (tertiary/aromatic N) is 1. The average molecular weight is 380 g/mol. The molecule has 6 heteroatoms. The number of benzene rings is 2. The summed E-state index contributed by atoms with van der Waals surface area (Å²) in [5.74, 6) is 0.358. The molecule has 3 rings (SSSR count). The Balaban J connectivity index is 2.12. The van der Waals surface area contributed by atoms with E-state index in [1.165, 1.54) is 29.8 Å². The zero-order chi connectivity index (χ0) is 18.0. The molecule has 0 unspecified atom stereocenters. The van der Waals surface area contributed by atoms with Crippen molar-refractivity contribution < 1.29 is 12.8 Å². The summed E-state index contributed by atoms with van der Waals surface area (Å²) in [6.07, 6.45) is 1.77. The smallest absolute Gasteiger partial charge is 0.207 e. The molecule has 2 aromatic carbocycles. The van der Waals surface area contributed by atoms with E-state index < -0.39 is 15.7 Å². The van der Waals surface area contributed by atoms with Crippen LogP contribution in [-0.2, 0) is 22.7 Å². The predicted molar refractivity (Wildman–Crippen MR) is 99.6 cm³/mol. The van der Waals surface area contributed by atoms with Gasteiger partial charge in [-0.2, -0.15) is 0 Å². The lowest BCUT2D eigenvalue weighted by atomic mass is 10.0. The highest BCUT2D eigenvalue weighted by molar-refractivity contribution is 8.00. The highest BCUT2D eigenvalue weighted by Crippen LogP contribution is 2.34. The molecule has 0 amide bonds. The van der Waals surface area contributed by atoms with Gasteiger partial charge in [-0.15, -0.1) is 11.8 Å². The summed E-state index contributed by atoms with van der Waals surface area (Å²) in [6, 6.07) is 8.94. The molecule has 0 atom stereocenters. The molecule has 0 fully saturated rings. The second-order valence-electron chi connectivity index (χ2n) is 6.26. The summed E-state index contributed by atoms with van der Waals surface area (Å²) in [4.78, 5) is 3.53. The zero-order valence-corrected chi connectivity index (χ0v) is 16.1. The molecule has 0 aliphatic carbocycles. The summed E-state index contributed by atoms with van der Waals surface area (Å²) in [5, 5.41) is 0. The Hall–Kier alpha value is -1.37. The predicted octanol–water partition coefficient (Wildman–Crippen LogP) is 3.80. The van der Waals surface area contributed by atoms with Crippen molar-refractivity contribution >= 4 is 21.6 Å². The van der Waals surface area contributed by atoms with E-state index in [0.717, 1.165) is 42.1 Å². The first-order valence-electron chi connectivity index (χ1n) is 8.39. The number of likely N-dealkylation sites (N-methyl/N-ethyl adjacent to an activating group) is 1. The molecule has 0 saturated carbocycles. The van der Waals surface area contributed by atoms with Crippen LogP contribution in [0.3, 0.4) is 0 Å². The van der Waals surface area contributed by atoms with Gasteiger partial charge in [0.2, 0.25) is 9.84 Å². The van der Waals surface area contributed by atoms with Crippen LogP contribution in [0.15, 0.2) is 51.1 Å². The minimum Gasteiger partial charge on any atom is -0.306 e. The third-order valence-corrected chi connectivity index (χ3v) is 7.38. The maximum absolute atomic E-state index is 13.2. The molecule has 1 heterocycles. The van der Waals surface area contributed by atoms with Gasteiger partial charge < -0.3 is 4.90 Å². The molecule has 0 spiro atoms. The lowest BCUT2D eigenvalue weighted by Crippen LogP contribution is -2.20. The Morgan fingerprint density at radius 1 is 1.08 bits per heavy atom. The summed E-state index contributed by atoms with van der Waals surface area (Å²) in [5.41, 5.74) is 2.34. The summed E-state index contributed by atoms with van der Waals surface area (Å²) in [7, 11) is -1.58. The van der Waals surface area contributed by atoms with Gasteiger partial charge in [-0.25, -0.2) is 12.8 Å². The van der Waals surface area contributed by atoms with Gasteiger partial charge in [-0.3, -0.25) is 0 Å². The molecule has 3 nitrogen and oxygen atoms in total. The largest absolute Gasteiger partial charge is 0.306 e. The molecule has 134 valence electrons. The molecule has 1 aliphatic heterocycles. The highest BCUT2D eigenvalue weighted by atomic mass is 32.2. The lowest BCUT2D eigenvalue weighted by molar-refractivity contribution is 0.352. The van der Waals surface area contributed by atoms with Crippen LogP contribution in [0.4, 0.5) is 4.39 Å². The molecular weight excluding hydrogens is 357 g/mol. The van der Waals surface area contributed by atoms with Crippen molar-refractivity contribution in [2.24, 2.45) is 0 Å². The Morgan fingerprint density at radius 2 is 1.68 bits per heavy atom. The normalized spacial score (nSPS) is 15.6. The van der Waals surface area contributed by atoms with Crippen molar-refractivity contribution in [2.75, 3.05) is 25.9 Å². The minimum atomic E-state index is -3.67. The Bertz CT molecular complexity index is 864. The topological polar surface area (TPSA) is 37.4 Å². The molecule has 0 aromatic heterocycles. The van der Waals surface area contributed by atoms with E-state index in [0.29, 0.717) is 4.90 Å². The van der Waals surface area contributed by atoms with E-state index in [1.54, 1.807) is 11.8 Å². The van der Waals surface area contributed by atoms with Crippen LogP contribution < -0.4 is 0 Å². The number of fused-ring (bicyclic) bond motifs is 1. The third kappa shape index (κ3) is 3.91. The quantitative estimate of drug-likeness (QED) is 0.598. The van der Waals surface area contributed by atoms with Crippen LogP contribution in [0.5, 0.6) is 0 Å². The molecule has 0 saturated heterocycles. The lowest BCUT2D eigenvalue weighted by Gasteiger charge is -2.15. The maximum atomic E-state index is 13.2. The van der Waals surface area contributed by atoms with Gasteiger partial charge in [0.25, 0.3) is 0 Å². The Morgan fingerprint density at radius 3 is 2.28 bits per heavy atom. The van der Waals surface area contributed by atoms with Crippen molar-refractivity contribution in [1.29, 1.82) is 0 Å². The van der Waals surface area contributed by atoms with Gasteiger partial charge in [-0.1, -0.05) is 6.92 Å².